The first-order valence-corrected chi connectivity index (χ1v) is 12.7. The predicted octanol–water partition coefficient (Wildman–Crippen LogP) is 5.53. The first-order chi connectivity index (χ1) is 17.3. The molecule has 3 aromatic rings. The molecule has 0 fully saturated rings. The normalized spacial score (nSPS) is 11.7. The fourth-order valence-electron chi connectivity index (χ4n) is 3.94. The zero-order valence-corrected chi connectivity index (χ0v) is 23.2. The summed E-state index contributed by atoms with van der Waals surface area (Å²) < 4.78 is 5.94. The third kappa shape index (κ3) is 7.61. The molecule has 37 heavy (non-hydrogen) atoms. The van der Waals surface area contributed by atoms with Crippen LogP contribution in [0.4, 0.5) is 16.6 Å². The molecule has 2 heterocycles. The van der Waals surface area contributed by atoms with Gasteiger partial charge in [-0.1, -0.05) is 62.8 Å². The van der Waals surface area contributed by atoms with E-state index in [1.54, 1.807) is 38.4 Å². The molecule has 0 spiro atoms. The Morgan fingerprint density at radius 2 is 1.89 bits per heavy atom. The van der Waals surface area contributed by atoms with Crippen molar-refractivity contribution >= 4 is 51.4 Å². The smallest absolute Gasteiger partial charge is 0.267 e. The molecule has 0 aliphatic rings. The number of benzene rings is 1. The Morgan fingerprint density at radius 3 is 2.57 bits per heavy atom. The number of halogens is 1. The number of ether oxygens (including phenoxy) is 1. The van der Waals surface area contributed by atoms with Gasteiger partial charge >= 0.3 is 0 Å². The second-order valence-corrected chi connectivity index (χ2v) is 11.6. The van der Waals surface area contributed by atoms with Crippen LogP contribution >= 0.6 is 22.9 Å². The molecule has 0 aliphatic heterocycles. The summed E-state index contributed by atoms with van der Waals surface area (Å²) in [6.45, 7) is 11.4. The number of para-hydroxylation sites is 1. The third-order valence-electron chi connectivity index (χ3n) is 5.49. The molecule has 3 rings (SSSR count). The summed E-state index contributed by atoms with van der Waals surface area (Å²) in [7, 11) is 0. The summed E-state index contributed by atoms with van der Waals surface area (Å²) >= 11 is 7.39. The van der Waals surface area contributed by atoms with E-state index in [9.17, 15) is 9.59 Å². The lowest BCUT2D eigenvalue weighted by atomic mass is 9.75. The van der Waals surface area contributed by atoms with Crippen molar-refractivity contribution in [1.82, 2.24) is 20.4 Å². The van der Waals surface area contributed by atoms with Crippen LogP contribution < -0.4 is 20.9 Å². The van der Waals surface area contributed by atoms with Gasteiger partial charge in [-0.15, -0.1) is 0 Å². The number of amides is 2. The second kappa shape index (κ2) is 11.4. The molecule has 198 valence electrons. The maximum Gasteiger partial charge on any atom is 0.267 e. The van der Waals surface area contributed by atoms with E-state index in [2.05, 4.69) is 25.6 Å². The van der Waals surface area contributed by atoms with E-state index in [-0.39, 0.29) is 17.9 Å². The number of rotatable bonds is 10. The Balaban J connectivity index is 1.66. The van der Waals surface area contributed by atoms with Crippen molar-refractivity contribution in [2.24, 2.45) is 10.8 Å². The fraction of sp³-hybridized carbons (Fsp3) is 0.400. The van der Waals surface area contributed by atoms with E-state index in [4.69, 9.17) is 21.5 Å². The second-order valence-electron chi connectivity index (χ2n) is 10.1. The highest BCUT2D eigenvalue weighted by atomic mass is 35.5. The van der Waals surface area contributed by atoms with Gasteiger partial charge in [0.2, 0.25) is 11.8 Å². The predicted molar refractivity (Wildman–Crippen MR) is 144 cm³/mol. The zero-order chi connectivity index (χ0) is 27.4. The minimum absolute atomic E-state index is 0.286. The van der Waals surface area contributed by atoms with Gasteiger partial charge in [-0.2, -0.15) is 4.98 Å². The van der Waals surface area contributed by atoms with E-state index in [1.165, 1.54) is 17.5 Å². The topological polar surface area (TPSA) is 138 Å². The number of carbonyl (C=O) groups is 2. The van der Waals surface area contributed by atoms with Gasteiger partial charge in [0.1, 0.15) is 16.5 Å². The van der Waals surface area contributed by atoms with Gasteiger partial charge in [-0.05, 0) is 37.3 Å². The molecular formula is C25H31ClN6O4S. The van der Waals surface area contributed by atoms with Crippen molar-refractivity contribution in [2.45, 2.75) is 48.0 Å². The number of aryl methyl sites for hydroxylation is 2. The standard InChI is InChI=1S/C25H31ClN6O4S/c1-14-8-7-9-16(26)20(14)31-21(33)17-11-27-23(37-17)30-18-10-19(29-15(2)28-18)36-13-24(3,4)12-25(5,6)22(34)32-35/h7-11,35H,12-13H2,1-6H3,(H,31,33)(H,32,34)(H,27,28,29,30). The molecule has 2 aromatic heterocycles. The van der Waals surface area contributed by atoms with Gasteiger partial charge in [0.15, 0.2) is 5.13 Å². The molecule has 0 atom stereocenters. The SMILES string of the molecule is Cc1nc(Nc2ncc(C(=O)Nc3c(C)cccc3Cl)s2)cc(OCC(C)(C)CC(C)(C)C(=O)NO)n1. The van der Waals surface area contributed by atoms with Crippen LogP contribution in [0.2, 0.25) is 5.02 Å². The number of hydrogen-bond acceptors (Lipinski definition) is 9. The number of thiazole rings is 1. The number of nitrogens with zero attached hydrogens (tertiary/aromatic N) is 3. The maximum absolute atomic E-state index is 12.7. The lowest BCUT2D eigenvalue weighted by Crippen LogP contribution is -2.39. The fourth-order valence-corrected chi connectivity index (χ4v) is 4.93. The minimum Gasteiger partial charge on any atom is -0.477 e. The van der Waals surface area contributed by atoms with E-state index in [0.29, 0.717) is 44.7 Å². The van der Waals surface area contributed by atoms with Gasteiger partial charge in [0, 0.05) is 11.5 Å². The van der Waals surface area contributed by atoms with E-state index in [1.807, 2.05) is 32.9 Å². The van der Waals surface area contributed by atoms with E-state index < -0.39 is 11.3 Å². The summed E-state index contributed by atoms with van der Waals surface area (Å²) in [4.78, 5) is 38.1. The molecule has 0 saturated heterocycles. The van der Waals surface area contributed by atoms with Crippen LogP contribution in [-0.2, 0) is 4.79 Å². The Kier molecular flexibility index (Phi) is 8.72. The Labute approximate surface area is 224 Å². The molecule has 0 aliphatic carbocycles. The van der Waals surface area contributed by atoms with Crippen molar-refractivity contribution in [3.8, 4) is 5.88 Å². The quantitative estimate of drug-likeness (QED) is 0.192. The highest BCUT2D eigenvalue weighted by molar-refractivity contribution is 7.17. The van der Waals surface area contributed by atoms with Gasteiger partial charge in [-0.25, -0.2) is 15.4 Å². The van der Waals surface area contributed by atoms with Gasteiger partial charge in [0.25, 0.3) is 5.91 Å². The first-order valence-electron chi connectivity index (χ1n) is 11.5. The van der Waals surface area contributed by atoms with Crippen LogP contribution in [0.15, 0.2) is 30.5 Å². The molecule has 0 bridgehead atoms. The first kappa shape index (κ1) is 28.3. The molecule has 4 N–H and O–H groups in total. The summed E-state index contributed by atoms with van der Waals surface area (Å²) in [5.74, 6) is 0.536. The number of carbonyl (C=O) groups excluding carboxylic acids is 2. The van der Waals surface area contributed by atoms with Crippen LogP contribution in [0.25, 0.3) is 0 Å². The number of hydrogen-bond donors (Lipinski definition) is 4. The van der Waals surface area contributed by atoms with Crippen LogP contribution in [0.5, 0.6) is 5.88 Å². The molecule has 0 radical (unpaired) electrons. The van der Waals surface area contributed by atoms with E-state index >= 15 is 0 Å². The van der Waals surface area contributed by atoms with Gasteiger partial charge < -0.3 is 15.4 Å². The zero-order valence-electron chi connectivity index (χ0n) is 21.6. The van der Waals surface area contributed by atoms with Gasteiger partial charge in [0.05, 0.1) is 23.5 Å². The van der Waals surface area contributed by atoms with Crippen LogP contribution in [0.3, 0.4) is 0 Å². The largest absolute Gasteiger partial charge is 0.477 e. The average molecular weight is 547 g/mol. The monoisotopic (exact) mass is 546 g/mol. The Hall–Kier alpha value is -3.28. The number of hydroxylamine groups is 1. The molecule has 0 unspecified atom stereocenters. The molecule has 10 nitrogen and oxygen atoms in total. The van der Waals surface area contributed by atoms with Crippen LogP contribution in [0, 0.1) is 24.7 Å². The number of aromatic nitrogens is 3. The number of anilines is 3. The summed E-state index contributed by atoms with van der Waals surface area (Å²) in [5, 5.41) is 15.9. The Bertz CT molecular complexity index is 1270. The summed E-state index contributed by atoms with van der Waals surface area (Å²) in [6.07, 6.45) is 1.95. The lowest BCUT2D eigenvalue weighted by molar-refractivity contribution is -0.140. The summed E-state index contributed by atoms with van der Waals surface area (Å²) in [6, 6.07) is 7.05. The molecule has 1 aromatic carbocycles. The molecule has 2 amide bonds. The van der Waals surface area contributed by atoms with Crippen molar-refractivity contribution in [2.75, 3.05) is 17.2 Å². The molecule has 0 saturated carbocycles. The number of nitrogens with one attached hydrogen (secondary N) is 3. The maximum atomic E-state index is 12.7. The molecule has 12 heteroatoms. The van der Waals surface area contributed by atoms with Crippen molar-refractivity contribution in [3.63, 3.8) is 0 Å². The summed E-state index contributed by atoms with van der Waals surface area (Å²) in [5.41, 5.74) is 1.97. The molecular weight excluding hydrogens is 516 g/mol. The van der Waals surface area contributed by atoms with E-state index in [0.717, 1.165) is 5.56 Å². The van der Waals surface area contributed by atoms with Crippen molar-refractivity contribution in [3.05, 3.63) is 51.7 Å². The van der Waals surface area contributed by atoms with Crippen molar-refractivity contribution in [1.29, 1.82) is 0 Å². The van der Waals surface area contributed by atoms with Crippen molar-refractivity contribution < 1.29 is 19.5 Å². The van der Waals surface area contributed by atoms with Crippen LogP contribution in [-0.4, -0.2) is 38.6 Å². The lowest BCUT2D eigenvalue weighted by Gasteiger charge is -2.33. The van der Waals surface area contributed by atoms with Gasteiger partial charge in [-0.3, -0.25) is 14.8 Å². The Morgan fingerprint density at radius 1 is 1.16 bits per heavy atom. The highest BCUT2D eigenvalue weighted by Crippen LogP contribution is 2.34. The third-order valence-corrected chi connectivity index (χ3v) is 6.71. The average Bonchev–Trinajstić information content (AvgIpc) is 3.27. The minimum atomic E-state index is -0.782. The highest BCUT2D eigenvalue weighted by Gasteiger charge is 2.35. The van der Waals surface area contributed by atoms with Crippen LogP contribution in [0.1, 0.15) is 55.2 Å².